The van der Waals surface area contributed by atoms with E-state index < -0.39 is 0 Å². The summed E-state index contributed by atoms with van der Waals surface area (Å²) < 4.78 is 6.09. The molecule has 2 aromatic carbocycles. The molecule has 0 radical (unpaired) electrons. The lowest BCUT2D eigenvalue weighted by molar-refractivity contribution is 0.102. The third-order valence-electron chi connectivity index (χ3n) is 2.71. The van der Waals surface area contributed by atoms with Crippen LogP contribution < -0.4 is 15.8 Å². The second kappa shape index (κ2) is 6.32. The highest BCUT2D eigenvalue weighted by Gasteiger charge is 2.14. The first-order chi connectivity index (χ1) is 9.52. The number of anilines is 2. The Morgan fingerprint density at radius 3 is 2.75 bits per heavy atom. The van der Waals surface area contributed by atoms with Gasteiger partial charge in [0.2, 0.25) is 0 Å². The number of halogens is 2. The number of hydrogen-bond donors (Lipinski definition) is 2. The molecule has 20 heavy (non-hydrogen) atoms. The van der Waals surface area contributed by atoms with Crippen molar-refractivity contribution >= 4 is 51.5 Å². The Bertz CT molecular complexity index is 662. The second-order valence-electron chi connectivity index (χ2n) is 4.00. The van der Waals surface area contributed by atoms with Gasteiger partial charge in [-0.2, -0.15) is 0 Å². The van der Waals surface area contributed by atoms with Crippen molar-refractivity contribution in [3.05, 3.63) is 50.6 Å². The first-order valence-corrected chi connectivity index (χ1v) is 7.17. The van der Waals surface area contributed by atoms with Crippen LogP contribution in [-0.2, 0) is 0 Å². The van der Waals surface area contributed by atoms with Gasteiger partial charge in [0.1, 0.15) is 5.75 Å². The molecule has 1 amide bonds. The fourth-order valence-corrected chi connectivity index (χ4v) is 2.60. The fraction of sp³-hybridized carbons (Fsp3) is 0.0714. The Morgan fingerprint density at radius 1 is 1.35 bits per heavy atom. The topological polar surface area (TPSA) is 64.3 Å². The maximum atomic E-state index is 12.2. The van der Waals surface area contributed by atoms with Crippen molar-refractivity contribution in [1.29, 1.82) is 0 Å². The number of ether oxygens (including phenoxy) is 1. The summed E-state index contributed by atoms with van der Waals surface area (Å²) in [4.78, 5) is 12.2. The van der Waals surface area contributed by atoms with Gasteiger partial charge in [-0.25, -0.2) is 0 Å². The zero-order valence-electron chi connectivity index (χ0n) is 10.6. The van der Waals surface area contributed by atoms with Gasteiger partial charge in [0, 0.05) is 3.57 Å². The van der Waals surface area contributed by atoms with E-state index in [0.29, 0.717) is 27.7 Å². The number of nitrogens with one attached hydrogen (secondary N) is 1. The van der Waals surface area contributed by atoms with Gasteiger partial charge >= 0.3 is 0 Å². The standard InChI is InChI=1S/C14H12ClIN2O2/c1-20-12-4-2-3-9(13(12)17)14(19)18-11-6-5-8(16)7-10(11)15/h2-7H,17H2,1H3,(H,18,19). The molecule has 2 rings (SSSR count). The number of carbonyl (C=O) groups excluding carboxylic acids is 1. The fourth-order valence-electron chi connectivity index (χ4n) is 1.70. The molecule has 0 heterocycles. The molecule has 4 nitrogen and oxygen atoms in total. The van der Waals surface area contributed by atoms with Crippen molar-refractivity contribution in [2.45, 2.75) is 0 Å². The molecule has 0 aliphatic heterocycles. The zero-order valence-corrected chi connectivity index (χ0v) is 13.5. The number of para-hydroxylation sites is 1. The smallest absolute Gasteiger partial charge is 0.257 e. The number of carbonyl (C=O) groups is 1. The molecule has 104 valence electrons. The summed E-state index contributed by atoms with van der Waals surface area (Å²) >= 11 is 8.23. The molecule has 0 fully saturated rings. The zero-order chi connectivity index (χ0) is 14.7. The van der Waals surface area contributed by atoms with Crippen molar-refractivity contribution in [3.63, 3.8) is 0 Å². The van der Waals surface area contributed by atoms with Crippen LogP contribution in [0.25, 0.3) is 0 Å². The van der Waals surface area contributed by atoms with Crippen LogP contribution in [-0.4, -0.2) is 13.0 Å². The molecule has 0 aliphatic rings. The predicted molar refractivity (Wildman–Crippen MR) is 89.5 cm³/mol. The van der Waals surface area contributed by atoms with Gasteiger partial charge in [-0.05, 0) is 52.9 Å². The highest BCUT2D eigenvalue weighted by Crippen LogP contribution is 2.28. The third kappa shape index (κ3) is 3.16. The van der Waals surface area contributed by atoms with E-state index in [1.54, 1.807) is 30.3 Å². The summed E-state index contributed by atoms with van der Waals surface area (Å²) in [7, 11) is 1.50. The lowest BCUT2D eigenvalue weighted by atomic mass is 10.1. The predicted octanol–water partition coefficient (Wildman–Crippen LogP) is 3.79. The molecule has 3 N–H and O–H groups in total. The first-order valence-electron chi connectivity index (χ1n) is 5.72. The summed E-state index contributed by atoms with van der Waals surface area (Å²) in [6.45, 7) is 0. The first kappa shape index (κ1) is 14.9. The lowest BCUT2D eigenvalue weighted by Gasteiger charge is -2.11. The molecule has 0 spiro atoms. The van der Waals surface area contributed by atoms with Crippen LogP contribution in [0.3, 0.4) is 0 Å². The number of amides is 1. The van der Waals surface area contributed by atoms with Gasteiger partial charge in [0.05, 0.1) is 29.1 Å². The van der Waals surface area contributed by atoms with Crippen molar-refractivity contribution in [2.75, 3.05) is 18.2 Å². The van der Waals surface area contributed by atoms with Crippen molar-refractivity contribution < 1.29 is 9.53 Å². The van der Waals surface area contributed by atoms with E-state index in [1.165, 1.54) is 7.11 Å². The minimum Gasteiger partial charge on any atom is -0.495 e. The van der Waals surface area contributed by atoms with Crippen LogP contribution in [0.4, 0.5) is 11.4 Å². The highest BCUT2D eigenvalue weighted by molar-refractivity contribution is 14.1. The van der Waals surface area contributed by atoms with Crippen LogP contribution in [0.5, 0.6) is 5.75 Å². The third-order valence-corrected chi connectivity index (χ3v) is 3.69. The molecule has 0 aliphatic carbocycles. The summed E-state index contributed by atoms with van der Waals surface area (Å²) in [6.07, 6.45) is 0. The molecule has 2 aromatic rings. The number of rotatable bonds is 3. The molecular weight excluding hydrogens is 391 g/mol. The van der Waals surface area contributed by atoms with Crippen LogP contribution in [0, 0.1) is 3.57 Å². The van der Waals surface area contributed by atoms with E-state index in [4.69, 9.17) is 22.1 Å². The SMILES string of the molecule is COc1cccc(C(=O)Nc2ccc(I)cc2Cl)c1N. The number of nitrogen functional groups attached to an aromatic ring is 1. The molecule has 0 bridgehead atoms. The van der Waals surface area contributed by atoms with Crippen molar-refractivity contribution in [1.82, 2.24) is 0 Å². The summed E-state index contributed by atoms with van der Waals surface area (Å²) in [5.41, 5.74) is 7.08. The van der Waals surface area contributed by atoms with Crippen LogP contribution >= 0.6 is 34.2 Å². The Morgan fingerprint density at radius 2 is 2.10 bits per heavy atom. The quantitative estimate of drug-likeness (QED) is 0.606. The normalized spacial score (nSPS) is 10.2. The van der Waals surface area contributed by atoms with E-state index in [1.807, 2.05) is 6.07 Å². The van der Waals surface area contributed by atoms with Gasteiger partial charge < -0.3 is 15.8 Å². The van der Waals surface area contributed by atoms with Crippen molar-refractivity contribution in [3.8, 4) is 5.75 Å². The van der Waals surface area contributed by atoms with Gasteiger partial charge in [-0.15, -0.1) is 0 Å². The van der Waals surface area contributed by atoms with Crippen molar-refractivity contribution in [2.24, 2.45) is 0 Å². The Labute approximate surface area is 135 Å². The average molecular weight is 403 g/mol. The van der Waals surface area contributed by atoms with Crippen LogP contribution in [0.15, 0.2) is 36.4 Å². The largest absolute Gasteiger partial charge is 0.495 e. The van der Waals surface area contributed by atoms with E-state index in [-0.39, 0.29) is 5.91 Å². The molecule has 0 atom stereocenters. The summed E-state index contributed by atoms with van der Waals surface area (Å²) in [5.74, 6) is 0.135. The molecule has 0 saturated heterocycles. The Kier molecular flexibility index (Phi) is 4.72. The van der Waals surface area contributed by atoms with Crippen LogP contribution in [0.2, 0.25) is 5.02 Å². The van der Waals surface area contributed by atoms with E-state index in [0.717, 1.165) is 3.57 Å². The summed E-state index contributed by atoms with van der Waals surface area (Å²) in [5, 5.41) is 3.21. The maximum Gasteiger partial charge on any atom is 0.257 e. The van der Waals surface area contributed by atoms with Gasteiger partial charge in [0.15, 0.2) is 0 Å². The molecule has 0 saturated carbocycles. The molecule has 0 unspecified atom stereocenters. The second-order valence-corrected chi connectivity index (χ2v) is 5.65. The monoisotopic (exact) mass is 402 g/mol. The molecular formula is C14H12ClIN2O2. The number of benzene rings is 2. The number of nitrogens with two attached hydrogens (primary N) is 1. The van der Waals surface area contributed by atoms with E-state index >= 15 is 0 Å². The number of methoxy groups -OCH3 is 1. The van der Waals surface area contributed by atoms with E-state index in [9.17, 15) is 4.79 Å². The minimum atomic E-state index is -0.329. The van der Waals surface area contributed by atoms with Crippen LogP contribution in [0.1, 0.15) is 10.4 Å². The Balaban J connectivity index is 2.28. The lowest BCUT2D eigenvalue weighted by Crippen LogP contribution is -2.14. The summed E-state index contributed by atoms with van der Waals surface area (Å²) in [6, 6.07) is 10.4. The van der Waals surface area contributed by atoms with E-state index in [2.05, 4.69) is 27.9 Å². The average Bonchev–Trinajstić information content (AvgIpc) is 2.42. The molecule has 0 aromatic heterocycles. The number of hydrogen-bond acceptors (Lipinski definition) is 3. The van der Waals surface area contributed by atoms with Gasteiger partial charge in [-0.1, -0.05) is 17.7 Å². The Hall–Kier alpha value is -1.47. The molecule has 6 heteroatoms. The van der Waals surface area contributed by atoms with Gasteiger partial charge in [-0.3, -0.25) is 4.79 Å². The minimum absolute atomic E-state index is 0.300. The highest BCUT2D eigenvalue weighted by atomic mass is 127. The van der Waals surface area contributed by atoms with Gasteiger partial charge in [0.25, 0.3) is 5.91 Å². The maximum absolute atomic E-state index is 12.2.